The lowest BCUT2D eigenvalue weighted by Crippen LogP contribution is -2.70. The van der Waals surface area contributed by atoms with E-state index in [1.54, 1.807) is 6.92 Å². The van der Waals surface area contributed by atoms with E-state index in [0.29, 0.717) is 11.0 Å². The van der Waals surface area contributed by atoms with Crippen molar-refractivity contribution < 1.29 is 33.4 Å². The van der Waals surface area contributed by atoms with Gasteiger partial charge in [-0.1, -0.05) is 18.2 Å². The number of fused-ring (bicyclic) bond motifs is 7. The molecule has 0 amide bonds. The van der Waals surface area contributed by atoms with Crippen LogP contribution >= 0.6 is 15.9 Å². The van der Waals surface area contributed by atoms with Crippen LogP contribution in [0.5, 0.6) is 0 Å². The number of hydrogen-bond acceptors (Lipinski definition) is 6. The molecule has 5 rings (SSSR count). The van der Waals surface area contributed by atoms with Crippen LogP contribution in [-0.2, 0) is 14.4 Å². The van der Waals surface area contributed by atoms with Crippen LogP contribution in [0.2, 0.25) is 0 Å². The molecule has 6 nitrogen and oxygen atoms in total. The number of aliphatic hydroxyl groups excluding tert-OH is 2. The number of hydrogen-bond donors (Lipinski definition) is 2. The van der Waals surface area contributed by atoms with Crippen LogP contribution < -0.4 is 0 Å². The number of ketones is 2. The second kappa shape index (κ2) is 6.32. The predicted octanol–water partition coefficient (Wildman–Crippen LogP) is 2.57. The van der Waals surface area contributed by atoms with E-state index in [1.807, 2.05) is 0 Å². The van der Waals surface area contributed by atoms with Crippen LogP contribution in [0.25, 0.3) is 0 Å². The first-order valence-corrected chi connectivity index (χ1v) is 11.3. The average molecular weight is 500 g/mol. The lowest BCUT2D eigenvalue weighted by atomic mass is 9.44. The molecule has 168 valence electrons. The topological polar surface area (TPSA) is 96.2 Å². The maximum Gasteiger partial charge on any atom is 0.212 e. The van der Waals surface area contributed by atoms with Gasteiger partial charge < -0.3 is 15.1 Å². The zero-order valence-electron chi connectivity index (χ0n) is 17.1. The number of nitrogens with zero attached hydrogens (tertiary/aromatic N) is 1. The van der Waals surface area contributed by atoms with Crippen molar-refractivity contribution in [2.45, 2.75) is 56.7 Å². The first-order chi connectivity index (χ1) is 14.5. The highest BCUT2D eigenvalue weighted by molar-refractivity contribution is 9.18. The molecule has 0 aromatic heterocycles. The highest BCUT2D eigenvalue weighted by Crippen LogP contribution is 2.72. The van der Waals surface area contributed by atoms with Crippen molar-refractivity contribution >= 4 is 32.1 Å². The van der Waals surface area contributed by atoms with Crippen LogP contribution in [-0.4, -0.2) is 56.6 Å². The fourth-order valence-electron chi connectivity index (χ4n) is 7.53. The second-order valence-corrected chi connectivity index (χ2v) is 10.8. The molecule has 0 bridgehead atoms. The Bertz CT molecular complexity index is 983. The quantitative estimate of drug-likeness (QED) is 0.608. The van der Waals surface area contributed by atoms with E-state index in [0.717, 1.165) is 6.08 Å². The molecule has 1 aliphatic heterocycles. The first-order valence-electron chi connectivity index (χ1n) is 10.5. The third-order valence-corrected chi connectivity index (χ3v) is 9.67. The molecule has 9 atom stereocenters. The molecule has 9 heteroatoms. The Morgan fingerprint density at radius 1 is 1.35 bits per heavy atom. The minimum absolute atomic E-state index is 0.0553. The van der Waals surface area contributed by atoms with Crippen LogP contribution in [0.4, 0.5) is 8.78 Å². The number of Topliss-reactive ketones (excluding diaryl/α,β-unsaturated/α-hetero) is 1. The first kappa shape index (κ1) is 21.4. The SMILES string of the molecule is C[C@]12C=CC(=O)C=C1[C@@H](F)C[C@H]1[C@@H]3C[C@H]4C(Br)=NO[C@@]4(C(=O)CO)[C@@]3(C)C[C@H](O)[C@@]12F. The summed E-state index contributed by atoms with van der Waals surface area (Å²) in [6, 6.07) is 0. The zero-order valence-corrected chi connectivity index (χ0v) is 18.7. The number of carbonyl (C=O) groups is 2. The van der Waals surface area contributed by atoms with Gasteiger partial charge in [-0.15, -0.1) is 0 Å². The van der Waals surface area contributed by atoms with Gasteiger partial charge in [-0.25, -0.2) is 8.78 Å². The molecule has 0 spiro atoms. The van der Waals surface area contributed by atoms with Crippen molar-refractivity contribution in [3.63, 3.8) is 0 Å². The van der Waals surface area contributed by atoms with E-state index >= 15 is 8.78 Å². The molecular weight excluding hydrogens is 476 g/mol. The molecule has 0 aromatic rings. The Labute approximate surface area is 186 Å². The van der Waals surface area contributed by atoms with Gasteiger partial charge in [0.2, 0.25) is 11.4 Å². The van der Waals surface area contributed by atoms with E-state index < -0.39 is 70.3 Å². The Kier molecular flexibility index (Phi) is 4.36. The summed E-state index contributed by atoms with van der Waals surface area (Å²) in [5, 5.41) is 24.9. The highest BCUT2D eigenvalue weighted by atomic mass is 79.9. The molecule has 3 saturated carbocycles. The van der Waals surface area contributed by atoms with Crippen LogP contribution in [0.1, 0.15) is 33.1 Å². The van der Waals surface area contributed by atoms with Gasteiger partial charge in [0.05, 0.1) is 12.0 Å². The Morgan fingerprint density at radius 3 is 2.74 bits per heavy atom. The lowest BCUT2D eigenvalue weighted by Gasteiger charge is -2.62. The number of carbonyl (C=O) groups excluding carboxylic acids is 2. The van der Waals surface area contributed by atoms with Crippen LogP contribution in [0, 0.1) is 28.6 Å². The second-order valence-electron chi connectivity index (χ2n) is 9.97. The molecule has 0 radical (unpaired) electrons. The Balaban J connectivity index is 1.68. The van der Waals surface area contributed by atoms with Crippen molar-refractivity contribution in [3.8, 4) is 0 Å². The van der Waals surface area contributed by atoms with E-state index in [1.165, 1.54) is 19.1 Å². The third kappa shape index (κ3) is 2.20. The molecular formula is C22H24BrF2NO5. The summed E-state index contributed by atoms with van der Waals surface area (Å²) in [7, 11) is 0. The summed E-state index contributed by atoms with van der Waals surface area (Å²) in [5.41, 5.74) is -6.27. The molecule has 2 N–H and O–H groups in total. The number of alkyl halides is 2. The van der Waals surface area contributed by atoms with Gasteiger partial charge >= 0.3 is 0 Å². The monoisotopic (exact) mass is 499 g/mol. The fourth-order valence-corrected chi connectivity index (χ4v) is 8.11. The molecule has 5 aliphatic rings. The van der Waals surface area contributed by atoms with Gasteiger partial charge in [0.15, 0.2) is 11.5 Å². The van der Waals surface area contributed by atoms with Gasteiger partial charge in [-0.05, 0) is 65.8 Å². The highest BCUT2D eigenvalue weighted by Gasteiger charge is 2.80. The Hall–Kier alpha value is -1.45. The zero-order chi connectivity index (χ0) is 22.6. The normalized spacial score (nSPS) is 52.4. The maximum atomic E-state index is 17.1. The standard InChI is InChI=1S/C22H24BrF2NO5/c1-19-4-3-10(28)5-13(19)15(24)7-12-11-6-14-18(23)26-31-22(14,17(30)9-27)20(11,2)8-16(29)21(12,19)25/h3-5,11-12,14-16,27,29H,6-9H2,1-2H3/t11-,12-,14-,15-,16-,19-,20-,21-,22-/m0/s1. The molecule has 0 aromatic carbocycles. The van der Waals surface area contributed by atoms with E-state index in [2.05, 4.69) is 21.1 Å². The molecule has 31 heavy (non-hydrogen) atoms. The summed E-state index contributed by atoms with van der Waals surface area (Å²) in [4.78, 5) is 30.5. The maximum absolute atomic E-state index is 17.1. The van der Waals surface area contributed by atoms with Crippen molar-refractivity contribution in [3.05, 3.63) is 23.8 Å². The molecule has 4 aliphatic carbocycles. The largest absolute Gasteiger partial charge is 0.390 e. The lowest BCUT2D eigenvalue weighted by molar-refractivity contribution is -0.229. The minimum Gasteiger partial charge on any atom is -0.390 e. The summed E-state index contributed by atoms with van der Waals surface area (Å²) in [6.07, 6.45) is 0.647. The van der Waals surface area contributed by atoms with E-state index in [4.69, 9.17) is 4.84 Å². The number of aliphatic hydroxyl groups is 2. The van der Waals surface area contributed by atoms with Gasteiger partial charge in [-0.2, -0.15) is 0 Å². The molecule has 3 fully saturated rings. The van der Waals surface area contributed by atoms with Crippen molar-refractivity contribution in [1.82, 2.24) is 0 Å². The number of halogens is 3. The summed E-state index contributed by atoms with van der Waals surface area (Å²) in [6.45, 7) is 2.50. The minimum atomic E-state index is -2.23. The number of allylic oxidation sites excluding steroid dienone is 4. The van der Waals surface area contributed by atoms with Crippen LogP contribution in [0.3, 0.4) is 0 Å². The Morgan fingerprint density at radius 2 is 2.06 bits per heavy atom. The third-order valence-electron chi connectivity index (χ3n) is 8.97. The smallest absolute Gasteiger partial charge is 0.212 e. The summed E-state index contributed by atoms with van der Waals surface area (Å²) >= 11 is 3.34. The van der Waals surface area contributed by atoms with E-state index in [-0.39, 0.29) is 18.4 Å². The van der Waals surface area contributed by atoms with Gasteiger partial charge in [-0.3, -0.25) is 9.59 Å². The number of oxime groups is 1. The van der Waals surface area contributed by atoms with Gasteiger partial charge in [0.1, 0.15) is 17.4 Å². The number of rotatable bonds is 2. The van der Waals surface area contributed by atoms with E-state index in [9.17, 15) is 19.8 Å². The fraction of sp³-hybridized carbons (Fsp3) is 0.682. The summed E-state index contributed by atoms with van der Waals surface area (Å²) < 4.78 is 32.9. The molecule has 0 saturated heterocycles. The van der Waals surface area contributed by atoms with Gasteiger partial charge in [0.25, 0.3) is 0 Å². The van der Waals surface area contributed by atoms with Crippen molar-refractivity contribution in [1.29, 1.82) is 0 Å². The van der Waals surface area contributed by atoms with Gasteiger partial charge in [0, 0.05) is 16.7 Å². The van der Waals surface area contributed by atoms with Crippen molar-refractivity contribution in [2.24, 2.45) is 33.7 Å². The van der Waals surface area contributed by atoms with Crippen molar-refractivity contribution in [2.75, 3.05) is 6.61 Å². The average Bonchev–Trinajstić information content (AvgIpc) is 3.19. The van der Waals surface area contributed by atoms with Crippen LogP contribution in [0.15, 0.2) is 29.0 Å². The molecule has 1 heterocycles. The summed E-state index contributed by atoms with van der Waals surface area (Å²) in [5.74, 6) is -2.96. The molecule has 0 unspecified atom stereocenters. The predicted molar refractivity (Wildman–Crippen MR) is 110 cm³/mol.